The third-order valence-electron chi connectivity index (χ3n) is 7.05. The van der Waals surface area contributed by atoms with Crippen molar-refractivity contribution in [2.24, 2.45) is 0 Å². The van der Waals surface area contributed by atoms with Gasteiger partial charge in [0.2, 0.25) is 12.4 Å². The number of carbonyl (C=O) groups excluding carboxylic acids is 1. The number of hydrogen-bond acceptors (Lipinski definition) is 6. The first kappa shape index (κ1) is 25.9. The van der Waals surface area contributed by atoms with Crippen LogP contribution in [0.2, 0.25) is 0 Å². The minimum Gasteiger partial charge on any atom is -0.496 e. The summed E-state index contributed by atoms with van der Waals surface area (Å²) in [5.41, 5.74) is 3.43. The van der Waals surface area contributed by atoms with E-state index in [4.69, 9.17) is 9.72 Å². The van der Waals surface area contributed by atoms with Gasteiger partial charge in [-0.1, -0.05) is 31.5 Å². The van der Waals surface area contributed by atoms with Crippen LogP contribution in [0, 0.1) is 6.92 Å². The lowest BCUT2D eigenvalue weighted by molar-refractivity contribution is -0.117. The Bertz CT molecular complexity index is 871. The molecule has 7 heteroatoms. The lowest BCUT2D eigenvalue weighted by Gasteiger charge is -2.42. The molecule has 1 saturated heterocycles. The van der Waals surface area contributed by atoms with E-state index < -0.39 is 0 Å². The average molecular weight is 468 g/mol. The van der Waals surface area contributed by atoms with Gasteiger partial charge in [0.25, 0.3) is 0 Å². The number of amides is 1. The van der Waals surface area contributed by atoms with Gasteiger partial charge in [0.05, 0.1) is 7.11 Å². The average Bonchev–Trinajstić information content (AvgIpc) is 2.85. The highest BCUT2D eigenvalue weighted by molar-refractivity contribution is 5.47. The van der Waals surface area contributed by atoms with Gasteiger partial charge in [-0.15, -0.1) is 0 Å². The molecule has 1 aliphatic heterocycles. The maximum Gasteiger partial charge on any atom is 0.225 e. The second-order valence-corrected chi connectivity index (χ2v) is 9.04. The number of methoxy groups -OCH3 is 1. The second kappa shape index (κ2) is 13.3. The number of benzene rings is 1. The molecule has 1 amide bonds. The molecule has 1 aromatic carbocycles. The van der Waals surface area contributed by atoms with E-state index in [1.807, 2.05) is 38.2 Å². The van der Waals surface area contributed by atoms with Gasteiger partial charge in [0.1, 0.15) is 5.75 Å². The number of piperazine rings is 1. The minimum absolute atomic E-state index is 0.726. The molecule has 2 fully saturated rings. The predicted molar refractivity (Wildman–Crippen MR) is 138 cm³/mol. The van der Waals surface area contributed by atoms with Crippen molar-refractivity contribution in [1.82, 2.24) is 19.8 Å². The zero-order valence-corrected chi connectivity index (χ0v) is 21.4. The van der Waals surface area contributed by atoms with Crippen molar-refractivity contribution < 1.29 is 9.53 Å². The Morgan fingerprint density at radius 1 is 1.12 bits per heavy atom. The second-order valence-electron chi connectivity index (χ2n) is 9.04. The molecule has 4 rings (SSSR count). The Labute approximate surface area is 205 Å². The molecule has 34 heavy (non-hydrogen) atoms. The summed E-state index contributed by atoms with van der Waals surface area (Å²) in [4.78, 5) is 26.9. The molecule has 0 N–H and O–H groups in total. The van der Waals surface area contributed by atoms with Crippen molar-refractivity contribution in [3.8, 4) is 5.75 Å². The zero-order chi connectivity index (χ0) is 24.3. The number of nitrogens with zero attached hydrogens (tertiary/aromatic N) is 5. The molecule has 2 heterocycles. The number of likely N-dealkylation sites (N-methyl/N-ethyl adjacent to an activating group) is 1. The zero-order valence-electron chi connectivity index (χ0n) is 21.4. The topological polar surface area (TPSA) is 61.8 Å². The molecule has 0 radical (unpaired) electrons. The van der Waals surface area contributed by atoms with Gasteiger partial charge in [-0.3, -0.25) is 9.69 Å². The number of aromatic nitrogens is 2. The molecule has 2 aromatic rings. The maximum atomic E-state index is 10.9. The summed E-state index contributed by atoms with van der Waals surface area (Å²) >= 11 is 0. The lowest BCUT2D eigenvalue weighted by Crippen LogP contribution is -2.52. The van der Waals surface area contributed by atoms with Crippen molar-refractivity contribution in [2.75, 3.05) is 51.3 Å². The Hall–Kier alpha value is -2.67. The third kappa shape index (κ3) is 6.92. The fraction of sp³-hybridized carbons (Fsp3) is 0.593. The standard InChI is InChI=1S/C18H29N5O.C9H12O/c1-3-21(14-24)8-7-16-13-19-18(20-15(16)2)23-11-9-22(10-12-23)17-5-4-6-17;1-3-8-6-4-5-7-9(8)10-2/h13-14,17H,3-12H2,1-2H3;4-7H,3H2,1-2H3. The first-order valence-corrected chi connectivity index (χ1v) is 12.7. The third-order valence-corrected chi connectivity index (χ3v) is 7.05. The smallest absolute Gasteiger partial charge is 0.225 e. The van der Waals surface area contributed by atoms with E-state index in [-0.39, 0.29) is 0 Å². The molecule has 186 valence electrons. The monoisotopic (exact) mass is 467 g/mol. The van der Waals surface area contributed by atoms with E-state index in [2.05, 4.69) is 27.8 Å². The quantitative estimate of drug-likeness (QED) is 0.524. The Balaban J connectivity index is 0.000000271. The molecule has 0 spiro atoms. The molecule has 0 unspecified atom stereocenters. The van der Waals surface area contributed by atoms with Crippen molar-refractivity contribution in [3.63, 3.8) is 0 Å². The van der Waals surface area contributed by atoms with E-state index >= 15 is 0 Å². The summed E-state index contributed by atoms with van der Waals surface area (Å²) in [6, 6.07) is 8.91. The molecule has 1 aliphatic carbocycles. The van der Waals surface area contributed by atoms with Gasteiger partial charge >= 0.3 is 0 Å². The van der Waals surface area contributed by atoms with E-state index in [0.717, 1.165) is 87.5 Å². The van der Waals surface area contributed by atoms with Gasteiger partial charge in [-0.25, -0.2) is 9.97 Å². The van der Waals surface area contributed by atoms with Crippen molar-refractivity contribution in [2.45, 2.75) is 58.9 Å². The number of aryl methyl sites for hydroxylation is 2. The lowest BCUT2D eigenvalue weighted by atomic mass is 9.91. The highest BCUT2D eigenvalue weighted by Crippen LogP contribution is 2.26. The summed E-state index contributed by atoms with van der Waals surface area (Å²) < 4.78 is 5.14. The van der Waals surface area contributed by atoms with Gasteiger partial charge in [-0.05, 0) is 56.7 Å². The fourth-order valence-electron chi connectivity index (χ4n) is 4.46. The molecule has 2 aliphatic rings. The van der Waals surface area contributed by atoms with Crippen LogP contribution in [-0.4, -0.2) is 78.6 Å². The number of para-hydroxylation sites is 1. The van der Waals surface area contributed by atoms with Crippen LogP contribution < -0.4 is 9.64 Å². The van der Waals surface area contributed by atoms with Crippen LogP contribution in [0.4, 0.5) is 5.95 Å². The van der Waals surface area contributed by atoms with E-state index in [0.29, 0.717) is 0 Å². The highest BCUT2D eigenvalue weighted by Gasteiger charge is 2.28. The van der Waals surface area contributed by atoms with Gasteiger partial charge in [-0.2, -0.15) is 0 Å². The normalized spacial score (nSPS) is 16.3. The first-order chi connectivity index (χ1) is 16.6. The van der Waals surface area contributed by atoms with E-state index in [1.54, 1.807) is 12.0 Å². The van der Waals surface area contributed by atoms with Crippen molar-refractivity contribution >= 4 is 12.4 Å². The number of anilines is 1. The number of carbonyl (C=O) groups is 1. The molecule has 0 bridgehead atoms. The predicted octanol–water partition coefficient (Wildman–Crippen LogP) is 3.74. The van der Waals surface area contributed by atoms with Crippen LogP contribution in [0.15, 0.2) is 30.5 Å². The van der Waals surface area contributed by atoms with Crippen LogP contribution in [0.5, 0.6) is 5.75 Å². The largest absolute Gasteiger partial charge is 0.496 e. The van der Waals surface area contributed by atoms with E-state index in [1.165, 1.54) is 24.8 Å². The molecular formula is C27H41N5O2. The van der Waals surface area contributed by atoms with Crippen LogP contribution in [-0.2, 0) is 17.6 Å². The number of hydrogen-bond donors (Lipinski definition) is 0. The maximum absolute atomic E-state index is 10.9. The van der Waals surface area contributed by atoms with Crippen molar-refractivity contribution in [3.05, 3.63) is 47.3 Å². The summed E-state index contributed by atoms with van der Waals surface area (Å²) in [7, 11) is 1.70. The summed E-state index contributed by atoms with van der Waals surface area (Å²) in [5, 5.41) is 0. The summed E-state index contributed by atoms with van der Waals surface area (Å²) in [6.07, 6.45) is 8.84. The molecular weight excluding hydrogens is 426 g/mol. The fourth-order valence-corrected chi connectivity index (χ4v) is 4.46. The summed E-state index contributed by atoms with van der Waals surface area (Å²) in [5.74, 6) is 1.84. The van der Waals surface area contributed by atoms with Crippen LogP contribution in [0.1, 0.15) is 49.9 Å². The Kier molecular flexibility index (Phi) is 10.1. The highest BCUT2D eigenvalue weighted by atomic mass is 16.5. The number of rotatable bonds is 9. The summed E-state index contributed by atoms with van der Waals surface area (Å²) in [6.45, 7) is 11.9. The van der Waals surface area contributed by atoms with E-state index in [9.17, 15) is 4.79 Å². The molecule has 1 saturated carbocycles. The molecule has 1 aromatic heterocycles. The van der Waals surface area contributed by atoms with Gasteiger partial charge in [0.15, 0.2) is 0 Å². The SMILES string of the molecule is CCN(C=O)CCc1cnc(N2CCN(C3CCC3)CC2)nc1C.CCc1ccccc1OC. The van der Waals surface area contributed by atoms with Gasteiger partial charge in [0, 0.05) is 57.2 Å². The number of ether oxygens (including phenoxy) is 1. The molecule has 7 nitrogen and oxygen atoms in total. The molecule has 0 atom stereocenters. The first-order valence-electron chi connectivity index (χ1n) is 12.7. The Morgan fingerprint density at radius 3 is 2.38 bits per heavy atom. The van der Waals surface area contributed by atoms with Crippen molar-refractivity contribution in [1.29, 1.82) is 0 Å². The van der Waals surface area contributed by atoms with Crippen LogP contribution in [0.3, 0.4) is 0 Å². The van der Waals surface area contributed by atoms with Gasteiger partial charge < -0.3 is 14.5 Å². The van der Waals surface area contributed by atoms with Crippen LogP contribution >= 0.6 is 0 Å². The minimum atomic E-state index is 0.726. The van der Waals surface area contributed by atoms with Crippen LogP contribution in [0.25, 0.3) is 0 Å². The Morgan fingerprint density at radius 2 is 1.85 bits per heavy atom.